The first-order chi connectivity index (χ1) is 14.9. The monoisotopic (exact) mass is 477 g/mol. The highest BCUT2D eigenvalue weighted by Crippen LogP contribution is 2.31. The third-order valence-electron chi connectivity index (χ3n) is 4.72. The molecule has 7 nitrogen and oxygen atoms in total. The van der Waals surface area contributed by atoms with Crippen LogP contribution in [0, 0.1) is 0 Å². The summed E-state index contributed by atoms with van der Waals surface area (Å²) in [5.41, 5.74) is 1.57. The van der Waals surface area contributed by atoms with Gasteiger partial charge in [0, 0.05) is 23.8 Å². The Hall–Kier alpha value is -2.59. The zero-order chi connectivity index (χ0) is 21.8. The number of amides is 1. The van der Waals surface area contributed by atoms with Crippen LogP contribution >= 0.6 is 22.9 Å². The number of carbonyl (C=O) groups is 1. The van der Waals surface area contributed by atoms with E-state index in [0.717, 1.165) is 5.69 Å². The van der Waals surface area contributed by atoms with E-state index in [2.05, 4.69) is 14.9 Å². The van der Waals surface area contributed by atoms with Gasteiger partial charge in [-0.2, -0.15) is 0 Å². The molecule has 1 aromatic heterocycles. The normalized spacial score (nSPS) is 14.3. The van der Waals surface area contributed by atoms with E-state index in [1.165, 1.54) is 23.5 Å². The SMILES string of the molecule is O=C(Nc1cc(S(=O)(=O)Nc2ccc(Cl)cc2)ccc1N1CCOCC1)c1cccs1. The molecule has 0 radical (unpaired) electrons. The Morgan fingerprint density at radius 1 is 1.06 bits per heavy atom. The predicted molar refractivity (Wildman–Crippen MR) is 124 cm³/mol. The zero-order valence-corrected chi connectivity index (χ0v) is 18.8. The van der Waals surface area contributed by atoms with Crippen molar-refractivity contribution in [3.05, 3.63) is 69.9 Å². The molecule has 31 heavy (non-hydrogen) atoms. The van der Waals surface area contributed by atoms with Crippen LogP contribution in [0.15, 0.2) is 64.9 Å². The van der Waals surface area contributed by atoms with Crippen molar-refractivity contribution in [3.63, 3.8) is 0 Å². The molecular weight excluding hydrogens is 458 g/mol. The summed E-state index contributed by atoms with van der Waals surface area (Å²) in [5.74, 6) is -0.287. The number of carbonyl (C=O) groups excluding carboxylic acids is 1. The van der Waals surface area contributed by atoms with E-state index in [9.17, 15) is 13.2 Å². The van der Waals surface area contributed by atoms with Crippen molar-refractivity contribution >= 4 is 55.9 Å². The number of rotatable bonds is 6. The summed E-state index contributed by atoms with van der Waals surface area (Å²) in [6.07, 6.45) is 0. The Kier molecular flexibility index (Phi) is 6.47. The second kappa shape index (κ2) is 9.27. The minimum atomic E-state index is -3.87. The van der Waals surface area contributed by atoms with Gasteiger partial charge in [-0.3, -0.25) is 9.52 Å². The van der Waals surface area contributed by atoms with E-state index < -0.39 is 10.0 Å². The molecule has 1 amide bonds. The molecule has 3 aromatic rings. The van der Waals surface area contributed by atoms with Crippen LogP contribution in [-0.4, -0.2) is 40.6 Å². The largest absolute Gasteiger partial charge is 0.378 e. The van der Waals surface area contributed by atoms with E-state index >= 15 is 0 Å². The number of halogens is 1. The highest BCUT2D eigenvalue weighted by Gasteiger charge is 2.21. The van der Waals surface area contributed by atoms with Gasteiger partial charge in [0.25, 0.3) is 15.9 Å². The summed E-state index contributed by atoms with van der Waals surface area (Å²) in [7, 11) is -3.87. The van der Waals surface area contributed by atoms with Crippen molar-refractivity contribution < 1.29 is 17.9 Å². The molecular formula is C21H20ClN3O4S2. The molecule has 0 bridgehead atoms. The first-order valence-corrected chi connectivity index (χ1v) is 12.3. The molecule has 1 aliphatic rings. The number of thiophene rings is 1. The molecule has 0 saturated carbocycles. The van der Waals surface area contributed by atoms with Crippen molar-refractivity contribution in [2.45, 2.75) is 4.90 Å². The Balaban J connectivity index is 1.66. The Labute approximate surface area is 189 Å². The van der Waals surface area contributed by atoms with Crippen LogP contribution in [-0.2, 0) is 14.8 Å². The molecule has 2 aromatic carbocycles. The molecule has 0 atom stereocenters. The average molecular weight is 478 g/mol. The standard InChI is InChI=1S/C21H20ClN3O4S2/c22-15-3-5-16(6-4-15)24-31(27,28)17-7-8-19(25-9-11-29-12-10-25)18(14-17)23-21(26)20-2-1-13-30-20/h1-8,13-14,24H,9-12H2,(H,23,26). The lowest BCUT2D eigenvalue weighted by atomic mass is 10.2. The van der Waals surface area contributed by atoms with Gasteiger partial charge in [-0.25, -0.2) is 8.42 Å². The summed E-state index contributed by atoms with van der Waals surface area (Å²) in [6.45, 7) is 2.43. The third-order valence-corrected chi connectivity index (χ3v) is 7.22. The minimum absolute atomic E-state index is 0.0425. The van der Waals surface area contributed by atoms with Gasteiger partial charge >= 0.3 is 0 Å². The second-order valence-corrected chi connectivity index (χ2v) is 9.89. The topological polar surface area (TPSA) is 87.7 Å². The fraction of sp³-hybridized carbons (Fsp3) is 0.190. The highest BCUT2D eigenvalue weighted by atomic mass is 35.5. The number of nitrogens with one attached hydrogen (secondary N) is 2. The Morgan fingerprint density at radius 3 is 2.48 bits per heavy atom. The maximum Gasteiger partial charge on any atom is 0.265 e. The molecule has 4 rings (SSSR count). The number of anilines is 3. The van der Waals surface area contributed by atoms with Crippen LogP contribution in [0.3, 0.4) is 0 Å². The lowest BCUT2D eigenvalue weighted by Gasteiger charge is -2.30. The van der Waals surface area contributed by atoms with Crippen molar-refractivity contribution in [3.8, 4) is 0 Å². The summed E-state index contributed by atoms with van der Waals surface area (Å²) >= 11 is 7.19. The third kappa shape index (κ3) is 5.19. The van der Waals surface area contributed by atoms with Gasteiger partial charge in [0.15, 0.2) is 0 Å². The number of morpholine rings is 1. The summed E-state index contributed by atoms with van der Waals surface area (Å²) in [5, 5.41) is 5.20. The average Bonchev–Trinajstić information content (AvgIpc) is 3.31. The van der Waals surface area contributed by atoms with Crippen LogP contribution in [0.1, 0.15) is 9.67 Å². The molecule has 0 unspecified atom stereocenters. The summed E-state index contributed by atoms with van der Waals surface area (Å²) < 4.78 is 33.9. The van der Waals surface area contributed by atoms with E-state index in [0.29, 0.717) is 47.6 Å². The van der Waals surface area contributed by atoms with Crippen molar-refractivity contribution in [1.29, 1.82) is 0 Å². The number of hydrogen-bond donors (Lipinski definition) is 2. The Bertz CT molecular complexity index is 1160. The molecule has 1 fully saturated rings. The number of hydrogen-bond acceptors (Lipinski definition) is 6. The second-order valence-electron chi connectivity index (χ2n) is 6.82. The van der Waals surface area contributed by atoms with Gasteiger partial charge in [0.2, 0.25) is 0 Å². The summed E-state index contributed by atoms with van der Waals surface area (Å²) in [6, 6.07) is 14.6. The van der Waals surface area contributed by atoms with Crippen LogP contribution < -0.4 is 14.9 Å². The fourth-order valence-corrected chi connectivity index (χ4v) is 5.02. The van der Waals surface area contributed by atoms with E-state index in [1.807, 2.05) is 5.38 Å². The lowest BCUT2D eigenvalue weighted by molar-refractivity contribution is 0.103. The highest BCUT2D eigenvalue weighted by molar-refractivity contribution is 7.92. The fourth-order valence-electron chi connectivity index (χ4n) is 3.19. The number of benzene rings is 2. The molecule has 0 spiro atoms. The van der Waals surface area contributed by atoms with E-state index in [4.69, 9.17) is 16.3 Å². The molecule has 2 N–H and O–H groups in total. The van der Waals surface area contributed by atoms with Gasteiger partial charge in [-0.1, -0.05) is 17.7 Å². The molecule has 1 aliphatic heterocycles. The van der Waals surface area contributed by atoms with Gasteiger partial charge in [0.05, 0.1) is 34.4 Å². The zero-order valence-electron chi connectivity index (χ0n) is 16.4. The minimum Gasteiger partial charge on any atom is -0.378 e. The molecule has 10 heteroatoms. The van der Waals surface area contributed by atoms with Crippen LogP contribution in [0.4, 0.5) is 17.1 Å². The first-order valence-electron chi connectivity index (χ1n) is 9.52. The van der Waals surface area contributed by atoms with Gasteiger partial charge < -0.3 is 15.0 Å². The first kappa shape index (κ1) is 21.6. The van der Waals surface area contributed by atoms with E-state index in [-0.39, 0.29) is 10.8 Å². The van der Waals surface area contributed by atoms with Gasteiger partial charge in [-0.05, 0) is 53.9 Å². The van der Waals surface area contributed by atoms with Crippen LogP contribution in [0.25, 0.3) is 0 Å². The predicted octanol–water partition coefficient (Wildman–Crippen LogP) is 4.29. The molecule has 2 heterocycles. The van der Waals surface area contributed by atoms with Crippen molar-refractivity contribution in [2.24, 2.45) is 0 Å². The number of ether oxygens (including phenoxy) is 1. The molecule has 162 valence electrons. The van der Waals surface area contributed by atoms with Gasteiger partial charge in [-0.15, -0.1) is 11.3 Å². The van der Waals surface area contributed by atoms with Crippen molar-refractivity contribution in [1.82, 2.24) is 0 Å². The lowest BCUT2D eigenvalue weighted by Crippen LogP contribution is -2.36. The quantitative estimate of drug-likeness (QED) is 0.553. The molecule has 0 aliphatic carbocycles. The van der Waals surface area contributed by atoms with Crippen molar-refractivity contribution in [2.75, 3.05) is 41.2 Å². The van der Waals surface area contributed by atoms with Gasteiger partial charge in [0.1, 0.15) is 0 Å². The van der Waals surface area contributed by atoms with Crippen LogP contribution in [0.5, 0.6) is 0 Å². The number of sulfonamides is 1. The van der Waals surface area contributed by atoms with E-state index in [1.54, 1.807) is 42.5 Å². The van der Waals surface area contributed by atoms with Crippen LogP contribution in [0.2, 0.25) is 5.02 Å². The number of nitrogens with zero attached hydrogens (tertiary/aromatic N) is 1. The summed E-state index contributed by atoms with van der Waals surface area (Å²) in [4.78, 5) is 15.3. The smallest absolute Gasteiger partial charge is 0.265 e. The maximum atomic E-state index is 13.0. The molecule has 1 saturated heterocycles. The Morgan fingerprint density at radius 2 is 1.81 bits per heavy atom. The maximum absolute atomic E-state index is 13.0.